The molecule has 124 valence electrons. The minimum atomic E-state index is -5.46. The Labute approximate surface area is 122 Å². The molecular weight excluding hydrogens is 346 g/mol. The van der Waals surface area contributed by atoms with Gasteiger partial charge in [0.1, 0.15) is 5.76 Å². The fourth-order valence-electron chi connectivity index (χ4n) is 1.98. The topological polar surface area (TPSA) is 203 Å². The second-order valence-corrected chi connectivity index (χ2v) is 7.75. The van der Waals surface area contributed by atoms with Gasteiger partial charge in [0.15, 0.2) is 11.3 Å². The lowest BCUT2D eigenvalue weighted by Gasteiger charge is -2.28. The van der Waals surface area contributed by atoms with E-state index in [2.05, 4.69) is 0 Å². The summed E-state index contributed by atoms with van der Waals surface area (Å²) in [6.07, 6.45) is 0.944. The van der Waals surface area contributed by atoms with E-state index in [0.29, 0.717) is 0 Å². The largest absolute Gasteiger partial charge is 0.481 e. The molecule has 0 saturated carbocycles. The first-order chi connectivity index (χ1) is 9.87. The van der Waals surface area contributed by atoms with E-state index in [1.54, 1.807) is 0 Å². The summed E-state index contributed by atoms with van der Waals surface area (Å²) in [5.74, 6) is -7.08. The van der Waals surface area contributed by atoms with E-state index in [1.165, 1.54) is 0 Å². The van der Waals surface area contributed by atoms with Crippen LogP contribution in [0.3, 0.4) is 0 Å². The minimum absolute atomic E-state index is 0.577. The van der Waals surface area contributed by atoms with E-state index in [4.69, 9.17) is 34.2 Å². The average Bonchev–Trinajstić information content (AvgIpc) is 2.75. The number of carbonyl (C=O) groups is 2. The van der Waals surface area contributed by atoms with Gasteiger partial charge in [-0.1, -0.05) is 0 Å². The van der Waals surface area contributed by atoms with Gasteiger partial charge < -0.3 is 34.2 Å². The number of hydrogen-bond acceptors (Lipinski definition) is 5. The molecule has 0 radical (unpaired) electrons. The molecule has 0 amide bonds. The molecule has 0 aliphatic heterocycles. The summed E-state index contributed by atoms with van der Waals surface area (Å²) in [5.41, 5.74) is -5.40. The first kappa shape index (κ1) is 18.6. The molecule has 1 heterocycles. The maximum atomic E-state index is 11.4. The molecule has 22 heavy (non-hydrogen) atoms. The van der Waals surface area contributed by atoms with Crippen molar-refractivity contribution in [2.75, 3.05) is 0 Å². The Hall–Kier alpha value is -1.48. The fraction of sp³-hybridized carbons (Fsp3) is 0.333. The molecule has 1 aromatic heterocycles. The van der Waals surface area contributed by atoms with Gasteiger partial charge in [0.05, 0.1) is 12.2 Å². The van der Waals surface area contributed by atoms with Gasteiger partial charge in [0.2, 0.25) is 0 Å². The standard InChI is InChI=1S/C9H12O11P2/c10-8(11)6(21(14,15)16)5(4-2-1-3-20-4)7(9(12)13)22(17,18)19/h1-3,5-7H,(H,10,11)(H,12,13)(H2,14,15,16)(H2,17,18,19). The average molecular weight is 358 g/mol. The molecule has 13 heteroatoms. The lowest BCUT2D eigenvalue weighted by molar-refractivity contribution is -0.139. The molecule has 2 unspecified atom stereocenters. The van der Waals surface area contributed by atoms with Crippen LogP contribution < -0.4 is 0 Å². The monoisotopic (exact) mass is 358 g/mol. The van der Waals surface area contributed by atoms with Gasteiger partial charge in [0.25, 0.3) is 0 Å². The van der Waals surface area contributed by atoms with Crippen LogP contribution in [0, 0.1) is 0 Å². The predicted octanol–water partition coefficient (Wildman–Crippen LogP) is -0.375. The smallest absolute Gasteiger partial charge is 0.340 e. The number of hydrogen-bond donors (Lipinski definition) is 6. The van der Waals surface area contributed by atoms with Crippen LogP contribution in [0.25, 0.3) is 0 Å². The highest BCUT2D eigenvalue weighted by Gasteiger charge is 2.55. The molecule has 1 rings (SSSR count). The normalized spacial score (nSPS) is 16.7. The predicted molar refractivity (Wildman–Crippen MR) is 68.4 cm³/mol. The first-order valence-corrected chi connectivity index (χ1v) is 8.83. The zero-order chi connectivity index (χ0) is 17.3. The molecular formula is C9H12O11P2. The van der Waals surface area contributed by atoms with Gasteiger partial charge in [0, 0.05) is 0 Å². The molecule has 11 nitrogen and oxygen atoms in total. The number of furan rings is 1. The zero-order valence-electron chi connectivity index (χ0n) is 10.6. The first-order valence-electron chi connectivity index (χ1n) is 5.46. The van der Waals surface area contributed by atoms with Crippen molar-refractivity contribution < 1.29 is 52.9 Å². The van der Waals surface area contributed by atoms with Crippen molar-refractivity contribution in [1.29, 1.82) is 0 Å². The van der Waals surface area contributed by atoms with E-state index in [1.807, 2.05) is 0 Å². The van der Waals surface area contributed by atoms with Crippen LogP contribution in [0.15, 0.2) is 22.8 Å². The third kappa shape index (κ3) is 4.04. The van der Waals surface area contributed by atoms with Crippen molar-refractivity contribution in [1.82, 2.24) is 0 Å². The summed E-state index contributed by atoms with van der Waals surface area (Å²) >= 11 is 0. The highest BCUT2D eigenvalue weighted by molar-refractivity contribution is 7.55. The molecule has 0 fully saturated rings. The maximum absolute atomic E-state index is 11.4. The number of aliphatic carboxylic acids is 2. The van der Waals surface area contributed by atoms with Crippen molar-refractivity contribution in [2.24, 2.45) is 0 Å². The Kier molecular flexibility index (Phi) is 5.34. The molecule has 0 aliphatic rings. The molecule has 0 saturated heterocycles. The van der Waals surface area contributed by atoms with Crippen molar-refractivity contribution in [2.45, 2.75) is 17.2 Å². The van der Waals surface area contributed by atoms with Crippen LogP contribution in [0.4, 0.5) is 0 Å². The van der Waals surface area contributed by atoms with E-state index in [0.717, 1.165) is 18.4 Å². The van der Waals surface area contributed by atoms with E-state index >= 15 is 0 Å². The Morgan fingerprint density at radius 2 is 1.36 bits per heavy atom. The summed E-state index contributed by atoms with van der Waals surface area (Å²) in [6, 6.07) is 2.13. The lowest BCUT2D eigenvalue weighted by atomic mass is 9.97. The summed E-state index contributed by atoms with van der Waals surface area (Å²) < 4.78 is 27.5. The Morgan fingerprint density at radius 1 is 0.955 bits per heavy atom. The molecule has 0 aromatic carbocycles. The Morgan fingerprint density at radius 3 is 1.59 bits per heavy atom. The zero-order valence-corrected chi connectivity index (χ0v) is 12.4. The molecule has 2 atom stereocenters. The van der Waals surface area contributed by atoms with Gasteiger partial charge in [-0.15, -0.1) is 0 Å². The van der Waals surface area contributed by atoms with Crippen LogP contribution in [-0.2, 0) is 18.7 Å². The van der Waals surface area contributed by atoms with Crippen molar-refractivity contribution >= 4 is 27.1 Å². The quantitative estimate of drug-likeness (QED) is 0.347. The van der Waals surface area contributed by atoms with Gasteiger partial charge in [-0.2, -0.15) is 0 Å². The summed E-state index contributed by atoms with van der Waals surface area (Å²) in [7, 11) is -10.9. The third-order valence-electron chi connectivity index (χ3n) is 2.78. The maximum Gasteiger partial charge on any atom is 0.340 e. The number of rotatable bonds is 7. The second kappa shape index (κ2) is 6.33. The molecule has 0 aliphatic carbocycles. The Bertz CT molecular complexity index is 599. The van der Waals surface area contributed by atoms with Crippen LogP contribution in [0.1, 0.15) is 11.7 Å². The minimum Gasteiger partial charge on any atom is -0.481 e. The van der Waals surface area contributed by atoms with Crippen LogP contribution in [0.5, 0.6) is 0 Å². The molecule has 0 bridgehead atoms. The fourth-order valence-corrected chi connectivity index (χ4v) is 4.16. The molecule has 1 aromatic rings. The summed E-state index contributed by atoms with van der Waals surface area (Å²) in [6.45, 7) is 0. The SMILES string of the molecule is O=C(O)C(C(c1ccco1)C(C(=O)O)P(=O)(O)O)P(=O)(O)O. The van der Waals surface area contributed by atoms with Gasteiger partial charge in [-0.05, 0) is 12.1 Å². The van der Waals surface area contributed by atoms with Crippen molar-refractivity contribution in [3.63, 3.8) is 0 Å². The van der Waals surface area contributed by atoms with E-state index < -0.39 is 50.1 Å². The second-order valence-electron chi connectivity index (χ2n) is 4.29. The van der Waals surface area contributed by atoms with Crippen LogP contribution in [0.2, 0.25) is 0 Å². The van der Waals surface area contributed by atoms with Crippen LogP contribution in [-0.4, -0.2) is 53.0 Å². The number of carboxylic acids is 2. The lowest BCUT2D eigenvalue weighted by Crippen LogP contribution is -2.39. The summed E-state index contributed by atoms with van der Waals surface area (Å²) in [5, 5.41) is 18.0. The summed E-state index contributed by atoms with van der Waals surface area (Å²) in [4.78, 5) is 58.9. The van der Waals surface area contributed by atoms with E-state index in [9.17, 15) is 18.7 Å². The van der Waals surface area contributed by atoms with Gasteiger partial charge in [-0.25, -0.2) is 0 Å². The molecule has 0 spiro atoms. The van der Waals surface area contributed by atoms with Gasteiger partial charge >= 0.3 is 27.1 Å². The number of carboxylic acid groups (broad SMARTS) is 2. The molecule has 6 N–H and O–H groups in total. The van der Waals surface area contributed by atoms with Gasteiger partial charge in [-0.3, -0.25) is 18.7 Å². The van der Waals surface area contributed by atoms with Crippen molar-refractivity contribution in [3.05, 3.63) is 24.2 Å². The highest BCUT2D eigenvalue weighted by Crippen LogP contribution is 2.56. The Balaban J connectivity index is 3.61. The third-order valence-corrected chi connectivity index (χ3v) is 5.32. The van der Waals surface area contributed by atoms with Crippen LogP contribution >= 0.6 is 15.2 Å². The van der Waals surface area contributed by atoms with E-state index in [-0.39, 0.29) is 0 Å². The van der Waals surface area contributed by atoms with Crippen molar-refractivity contribution in [3.8, 4) is 0 Å². The highest BCUT2D eigenvalue weighted by atomic mass is 31.2.